The van der Waals surface area contributed by atoms with Crippen LogP contribution in [0.15, 0.2) is 42.7 Å². The van der Waals surface area contributed by atoms with Gasteiger partial charge in [0.15, 0.2) is 0 Å². The smallest absolute Gasteiger partial charge is 0.241 e. The standard InChI is InChI=1S/C19H22N4O3/c20-16(24)6-7-17(25)23-12-8-14(9-13-23)18-19(22-11-10-21-18)26-15-4-2-1-3-5-15/h1-5,10-11,14H,6-9,12-13H2,(H2,20,24). The average Bonchev–Trinajstić information content (AvgIpc) is 2.67. The van der Waals surface area contributed by atoms with E-state index in [1.165, 1.54) is 0 Å². The Balaban J connectivity index is 1.63. The van der Waals surface area contributed by atoms with Crippen LogP contribution >= 0.6 is 0 Å². The molecule has 0 radical (unpaired) electrons. The highest BCUT2D eigenvalue weighted by Gasteiger charge is 2.27. The fourth-order valence-electron chi connectivity index (χ4n) is 3.09. The number of aromatic nitrogens is 2. The second-order valence-electron chi connectivity index (χ2n) is 6.28. The maximum atomic E-state index is 12.1. The van der Waals surface area contributed by atoms with Gasteiger partial charge in [0.05, 0.1) is 0 Å². The van der Waals surface area contributed by atoms with E-state index in [1.807, 2.05) is 30.3 Å². The first kappa shape index (κ1) is 17.8. The first-order chi connectivity index (χ1) is 12.6. The van der Waals surface area contributed by atoms with Gasteiger partial charge >= 0.3 is 0 Å². The van der Waals surface area contributed by atoms with E-state index < -0.39 is 5.91 Å². The topological polar surface area (TPSA) is 98.4 Å². The number of primary amides is 1. The second-order valence-corrected chi connectivity index (χ2v) is 6.28. The van der Waals surface area contributed by atoms with Gasteiger partial charge in [0.2, 0.25) is 17.7 Å². The minimum absolute atomic E-state index is 0.0258. The number of likely N-dealkylation sites (tertiary alicyclic amines) is 1. The van der Waals surface area contributed by atoms with Gasteiger partial charge in [-0.05, 0) is 25.0 Å². The first-order valence-electron chi connectivity index (χ1n) is 8.73. The van der Waals surface area contributed by atoms with Crippen LogP contribution in [-0.4, -0.2) is 39.8 Å². The highest BCUT2D eigenvalue weighted by molar-refractivity contribution is 5.82. The molecule has 0 atom stereocenters. The number of para-hydroxylation sites is 1. The monoisotopic (exact) mass is 354 g/mol. The Morgan fingerprint density at radius 1 is 1.08 bits per heavy atom. The summed E-state index contributed by atoms with van der Waals surface area (Å²) in [6, 6.07) is 9.48. The van der Waals surface area contributed by atoms with Gasteiger partial charge in [-0.25, -0.2) is 4.98 Å². The third-order valence-electron chi connectivity index (χ3n) is 4.47. The zero-order valence-electron chi connectivity index (χ0n) is 14.5. The summed E-state index contributed by atoms with van der Waals surface area (Å²) in [6.07, 6.45) is 5.12. The van der Waals surface area contributed by atoms with Crippen LogP contribution in [0.25, 0.3) is 0 Å². The predicted molar refractivity (Wildman–Crippen MR) is 95.5 cm³/mol. The van der Waals surface area contributed by atoms with Crippen LogP contribution in [0.4, 0.5) is 0 Å². The Bertz CT molecular complexity index is 758. The predicted octanol–water partition coefficient (Wildman–Crippen LogP) is 2.24. The first-order valence-corrected chi connectivity index (χ1v) is 8.73. The molecule has 3 rings (SSSR count). The molecule has 2 N–H and O–H groups in total. The van der Waals surface area contributed by atoms with Gasteiger partial charge in [0.25, 0.3) is 0 Å². The molecule has 1 aromatic heterocycles. The van der Waals surface area contributed by atoms with E-state index in [2.05, 4.69) is 9.97 Å². The molecule has 1 saturated heterocycles. The fraction of sp³-hybridized carbons (Fsp3) is 0.368. The van der Waals surface area contributed by atoms with E-state index >= 15 is 0 Å². The average molecular weight is 354 g/mol. The van der Waals surface area contributed by atoms with Gasteiger partial charge < -0.3 is 15.4 Å². The second kappa shape index (κ2) is 8.42. The lowest BCUT2D eigenvalue weighted by Crippen LogP contribution is -2.38. The summed E-state index contributed by atoms with van der Waals surface area (Å²) in [4.78, 5) is 33.5. The number of carbonyl (C=O) groups excluding carboxylic acids is 2. The normalized spacial score (nSPS) is 14.8. The van der Waals surface area contributed by atoms with Crippen LogP contribution in [0, 0.1) is 0 Å². The Morgan fingerprint density at radius 3 is 2.46 bits per heavy atom. The van der Waals surface area contributed by atoms with Crippen molar-refractivity contribution in [1.29, 1.82) is 0 Å². The molecule has 1 aliphatic heterocycles. The molecule has 1 fully saturated rings. The molecule has 2 aromatic rings. The van der Waals surface area contributed by atoms with Crippen molar-refractivity contribution in [2.45, 2.75) is 31.6 Å². The SMILES string of the molecule is NC(=O)CCC(=O)N1CCC(c2nccnc2Oc2ccccc2)CC1. The summed E-state index contributed by atoms with van der Waals surface area (Å²) in [6.45, 7) is 1.26. The van der Waals surface area contributed by atoms with E-state index in [0.717, 1.165) is 18.5 Å². The lowest BCUT2D eigenvalue weighted by molar-refractivity contribution is -0.134. The lowest BCUT2D eigenvalue weighted by atomic mass is 9.93. The van der Waals surface area contributed by atoms with Crippen molar-refractivity contribution in [2.75, 3.05) is 13.1 Å². The Morgan fingerprint density at radius 2 is 1.77 bits per heavy atom. The van der Waals surface area contributed by atoms with Gasteiger partial charge in [-0.3, -0.25) is 14.6 Å². The largest absolute Gasteiger partial charge is 0.437 e. The van der Waals surface area contributed by atoms with E-state index in [0.29, 0.717) is 24.7 Å². The van der Waals surface area contributed by atoms with Crippen LogP contribution < -0.4 is 10.5 Å². The third kappa shape index (κ3) is 4.56. The quantitative estimate of drug-likeness (QED) is 0.858. The minimum Gasteiger partial charge on any atom is -0.437 e. The number of benzene rings is 1. The molecule has 0 bridgehead atoms. The fourth-order valence-corrected chi connectivity index (χ4v) is 3.09. The number of nitrogens with two attached hydrogens (primary N) is 1. The Kier molecular flexibility index (Phi) is 5.78. The lowest BCUT2D eigenvalue weighted by Gasteiger charge is -2.32. The summed E-state index contributed by atoms with van der Waals surface area (Å²) < 4.78 is 5.90. The molecule has 0 unspecified atom stereocenters. The molecule has 26 heavy (non-hydrogen) atoms. The van der Waals surface area contributed by atoms with E-state index in [-0.39, 0.29) is 24.7 Å². The maximum absolute atomic E-state index is 12.1. The van der Waals surface area contributed by atoms with Crippen molar-refractivity contribution >= 4 is 11.8 Å². The van der Waals surface area contributed by atoms with Crippen molar-refractivity contribution in [3.05, 3.63) is 48.4 Å². The molecule has 0 spiro atoms. The van der Waals surface area contributed by atoms with Crippen molar-refractivity contribution in [3.8, 4) is 11.6 Å². The molecule has 7 heteroatoms. The molecular weight excluding hydrogens is 332 g/mol. The van der Waals surface area contributed by atoms with Crippen molar-refractivity contribution in [1.82, 2.24) is 14.9 Å². The Labute approximate surface area is 152 Å². The molecule has 0 aliphatic carbocycles. The molecule has 2 amide bonds. The van der Waals surface area contributed by atoms with Crippen LogP contribution in [0.3, 0.4) is 0 Å². The summed E-state index contributed by atoms with van der Waals surface area (Å²) in [5.74, 6) is 0.936. The molecule has 136 valence electrons. The van der Waals surface area contributed by atoms with Gasteiger partial charge in [-0.2, -0.15) is 0 Å². The van der Waals surface area contributed by atoms with E-state index in [9.17, 15) is 9.59 Å². The molecule has 1 aliphatic rings. The molecule has 1 aromatic carbocycles. The highest BCUT2D eigenvalue weighted by atomic mass is 16.5. The zero-order chi connectivity index (χ0) is 18.4. The van der Waals surface area contributed by atoms with Crippen LogP contribution in [-0.2, 0) is 9.59 Å². The maximum Gasteiger partial charge on any atom is 0.241 e. The van der Waals surface area contributed by atoms with Crippen LogP contribution in [0.2, 0.25) is 0 Å². The summed E-state index contributed by atoms with van der Waals surface area (Å²) in [5, 5.41) is 0. The number of carbonyl (C=O) groups is 2. The molecular formula is C19H22N4O3. The molecule has 2 heterocycles. The summed E-state index contributed by atoms with van der Waals surface area (Å²) in [5.41, 5.74) is 5.93. The van der Waals surface area contributed by atoms with E-state index in [4.69, 9.17) is 10.5 Å². The number of hydrogen-bond acceptors (Lipinski definition) is 5. The summed E-state index contributed by atoms with van der Waals surface area (Å²) in [7, 11) is 0. The van der Waals surface area contributed by atoms with Crippen LogP contribution in [0.5, 0.6) is 11.6 Å². The van der Waals surface area contributed by atoms with Crippen molar-refractivity contribution in [2.24, 2.45) is 5.73 Å². The summed E-state index contributed by atoms with van der Waals surface area (Å²) >= 11 is 0. The number of nitrogens with zero attached hydrogens (tertiary/aromatic N) is 3. The van der Waals surface area contributed by atoms with Crippen LogP contribution in [0.1, 0.15) is 37.3 Å². The van der Waals surface area contributed by atoms with E-state index in [1.54, 1.807) is 17.3 Å². The van der Waals surface area contributed by atoms with Gasteiger partial charge in [0.1, 0.15) is 11.4 Å². The van der Waals surface area contributed by atoms with Gasteiger partial charge in [-0.15, -0.1) is 0 Å². The highest BCUT2D eigenvalue weighted by Crippen LogP contribution is 2.33. The van der Waals surface area contributed by atoms with Crippen molar-refractivity contribution < 1.29 is 14.3 Å². The zero-order valence-corrected chi connectivity index (χ0v) is 14.5. The minimum atomic E-state index is -0.449. The number of piperidine rings is 1. The molecule has 0 saturated carbocycles. The van der Waals surface area contributed by atoms with Crippen molar-refractivity contribution in [3.63, 3.8) is 0 Å². The molecule has 7 nitrogen and oxygen atoms in total. The Hall–Kier alpha value is -2.96. The number of ether oxygens (including phenoxy) is 1. The third-order valence-corrected chi connectivity index (χ3v) is 4.47. The van der Waals surface area contributed by atoms with Gasteiger partial charge in [-0.1, -0.05) is 18.2 Å². The number of amides is 2. The number of rotatable bonds is 6. The van der Waals surface area contributed by atoms with Gasteiger partial charge in [0, 0.05) is 44.2 Å². The number of hydrogen-bond donors (Lipinski definition) is 1.